The molecule has 34 heavy (non-hydrogen) atoms. The van der Waals surface area contributed by atoms with Gasteiger partial charge in [-0.15, -0.1) is 0 Å². The minimum Gasteiger partial charge on any atom is -0.497 e. The summed E-state index contributed by atoms with van der Waals surface area (Å²) < 4.78 is 10.4. The van der Waals surface area contributed by atoms with Crippen LogP contribution in [0, 0.1) is 5.92 Å². The van der Waals surface area contributed by atoms with Gasteiger partial charge >= 0.3 is 6.03 Å². The molecule has 0 heterocycles. The number of nitrogens with one attached hydrogen (secondary N) is 4. The second-order valence-corrected chi connectivity index (χ2v) is 8.69. The molecule has 0 saturated heterocycles. The highest BCUT2D eigenvalue weighted by molar-refractivity contribution is 6.38. The Labute approximate surface area is 201 Å². The summed E-state index contributed by atoms with van der Waals surface area (Å²) in [6.07, 6.45) is 0.601. The minimum absolute atomic E-state index is 0.0788. The Morgan fingerprint density at radius 2 is 1.44 bits per heavy atom. The van der Waals surface area contributed by atoms with Gasteiger partial charge in [0.2, 0.25) is 11.7 Å². The fourth-order valence-electron chi connectivity index (χ4n) is 3.19. The van der Waals surface area contributed by atoms with E-state index >= 15 is 0 Å². The van der Waals surface area contributed by atoms with Crippen molar-refractivity contribution in [3.63, 3.8) is 0 Å². The van der Waals surface area contributed by atoms with Crippen molar-refractivity contribution >= 4 is 23.6 Å². The largest absolute Gasteiger partial charge is 0.497 e. The number of ketones is 1. The quantitative estimate of drug-likeness (QED) is 0.320. The third kappa shape index (κ3) is 9.68. The molecule has 0 spiro atoms. The van der Waals surface area contributed by atoms with Crippen LogP contribution < -0.4 is 30.7 Å². The third-order valence-electron chi connectivity index (χ3n) is 4.88. The van der Waals surface area contributed by atoms with Gasteiger partial charge in [-0.3, -0.25) is 14.4 Å². The van der Waals surface area contributed by atoms with Crippen LogP contribution in [0.15, 0.2) is 18.2 Å². The van der Waals surface area contributed by atoms with Gasteiger partial charge < -0.3 is 30.7 Å². The smallest absolute Gasteiger partial charge is 0.315 e. The molecule has 4 N–H and O–H groups in total. The predicted octanol–water partition coefficient (Wildman–Crippen LogP) is 1.91. The number of Topliss-reactive ketones (excluding diaryl/α,β-unsaturated/α-hetero) is 1. The fourth-order valence-corrected chi connectivity index (χ4v) is 3.19. The van der Waals surface area contributed by atoms with E-state index in [4.69, 9.17) is 9.47 Å². The molecule has 0 saturated carbocycles. The van der Waals surface area contributed by atoms with Gasteiger partial charge in [-0.2, -0.15) is 0 Å². The molecule has 1 aromatic rings. The highest BCUT2D eigenvalue weighted by Crippen LogP contribution is 2.22. The lowest BCUT2D eigenvalue weighted by Gasteiger charge is -2.23. The maximum absolute atomic E-state index is 12.9. The number of hydrogen-bond donors (Lipinski definition) is 4. The zero-order chi connectivity index (χ0) is 25.8. The summed E-state index contributed by atoms with van der Waals surface area (Å²) in [4.78, 5) is 50.2. The van der Waals surface area contributed by atoms with Crippen molar-refractivity contribution < 1.29 is 28.7 Å². The first-order valence-electron chi connectivity index (χ1n) is 11.4. The predicted molar refractivity (Wildman–Crippen MR) is 129 cm³/mol. The zero-order valence-corrected chi connectivity index (χ0v) is 21.1. The average Bonchev–Trinajstić information content (AvgIpc) is 2.78. The van der Waals surface area contributed by atoms with E-state index in [1.165, 1.54) is 14.2 Å². The van der Waals surface area contributed by atoms with E-state index in [1.807, 2.05) is 27.7 Å². The number of carbonyl (C=O) groups is 4. The normalized spacial score (nSPS) is 12.5. The van der Waals surface area contributed by atoms with E-state index in [2.05, 4.69) is 21.3 Å². The maximum Gasteiger partial charge on any atom is 0.315 e. The van der Waals surface area contributed by atoms with Crippen molar-refractivity contribution in [2.45, 2.75) is 72.1 Å². The molecule has 1 unspecified atom stereocenters. The highest BCUT2D eigenvalue weighted by Gasteiger charge is 2.29. The summed E-state index contributed by atoms with van der Waals surface area (Å²) >= 11 is 0. The summed E-state index contributed by atoms with van der Waals surface area (Å²) in [6.45, 7) is 9.23. The van der Waals surface area contributed by atoms with E-state index < -0.39 is 35.7 Å². The second kappa shape index (κ2) is 14.1. The Balaban J connectivity index is 2.81. The van der Waals surface area contributed by atoms with Crippen molar-refractivity contribution in [3.05, 3.63) is 23.8 Å². The molecule has 1 aromatic carbocycles. The number of carbonyl (C=O) groups excluding carboxylic acids is 4. The second-order valence-electron chi connectivity index (χ2n) is 8.69. The molecule has 0 radical (unpaired) electrons. The van der Waals surface area contributed by atoms with Gasteiger partial charge in [0.15, 0.2) is 0 Å². The Morgan fingerprint density at radius 3 is 1.91 bits per heavy atom. The lowest BCUT2D eigenvalue weighted by molar-refractivity contribution is -0.140. The molecule has 0 aliphatic rings. The molecule has 0 aliphatic heterocycles. The van der Waals surface area contributed by atoms with Gasteiger partial charge in [0.05, 0.1) is 20.3 Å². The Kier molecular flexibility index (Phi) is 11.9. The topological polar surface area (TPSA) is 135 Å². The van der Waals surface area contributed by atoms with Crippen LogP contribution in [0.5, 0.6) is 11.5 Å². The lowest BCUT2D eigenvalue weighted by Crippen LogP contribution is -2.55. The number of amides is 4. The number of hydrogen-bond acceptors (Lipinski definition) is 6. The van der Waals surface area contributed by atoms with E-state index in [9.17, 15) is 19.2 Å². The molecule has 0 aliphatic carbocycles. The molecule has 10 heteroatoms. The molecule has 2 atom stereocenters. The van der Waals surface area contributed by atoms with E-state index in [-0.39, 0.29) is 24.9 Å². The average molecular weight is 479 g/mol. The monoisotopic (exact) mass is 478 g/mol. The van der Waals surface area contributed by atoms with Crippen LogP contribution in [0.1, 0.15) is 53.0 Å². The third-order valence-corrected chi connectivity index (χ3v) is 4.88. The number of methoxy groups -OCH3 is 2. The van der Waals surface area contributed by atoms with Crippen molar-refractivity contribution in [2.75, 3.05) is 14.2 Å². The van der Waals surface area contributed by atoms with Gasteiger partial charge in [0.1, 0.15) is 17.5 Å². The molecular weight excluding hydrogens is 440 g/mol. The van der Waals surface area contributed by atoms with Crippen LogP contribution in [-0.4, -0.2) is 56.0 Å². The molecule has 1 rings (SSSR count). The van der Waals surface area contributed by atoms with Gasteiger partial charge in [-0.25, -0.2) is 4.79 Å². The van der Waals surface area contributed by atoms with Crippen LogP contribution in [0.2, 0.25) is 0 Å². The summed E-state index contributed by atoms with van der Waals surface area (Å²) in [5.41, 5.74) is 0.687. The van der Waals surface area contributed by atoms with E-state index in [1.54, 1.807) is 25.1 Å². The fraction of sp³-hybridized carbons (Fsp3) is 0.583. The minimum atomic E-state index is -1.02. The first-order valence-corrected chi connectivity index (χ1v) is 11.4. The van der Waals surface area contributed by atoms with Crippen LogP contribution in [0.4, 0.5) is 4.79 Å². The summed E-state index contributed by atoms with van der Waals surface area (Å²) in [5, 5.41) is 10.5. The van der Waals surface area contributed by atoms with Crippen molar-refractivity contribution in [1.82, 2.24) is 21.3 Å². The maximum atomic E-state index is 12.9. The molecule has 190 valence electrons. The molecule has 10 nitrogen and oxygen atoms in total. The molecule has 0 fully saturated rings. The van der Waals surface area contributed by atoms with Crippen LogP contribution >= 0.6 is 0 Å². The number of urea groups is 1. The summed E-state index contributed by atoms with van der Waals surface area (Å²) in [5.74, 6) is -0.870. The van der Waals surface area contributed by atoms with Crippen LogP contribution in [0.25, 0.3) is 0 Å². The first kappa shape index (κ1) is 28.7. The summed E-state index contributed by atoms with van der Waals surface area (Å²) in [6, 6.07) is 2.71. The molecule has 0 aromatic heterocycles. The molecular formula is C24H38N4O6. The van der Waals surface area contributed by atoms with Crippen LogP contribution in [-0.2, 0) is 20.9 Å². The van der Waals surface area contributed by atoms with E-state index in [0.717, 1.165) is 0 Å². The van der Waals surface area contributed by atoms with Gasteiger partial charge in [-0.05, 0) is 50.3 Å². The number of benzene rings is 1. The zero-order valence-electron chi connectivity index (χ0n) is 21.1. The van der Waals surface area contributed by atoms with Gasteiger partial charge in [0, 0.05) is 18.7 Å². The van der Waals surface area contributed by atoms with Crippen LogP contribution in [0.3, 0.4) is 0 Å². The van der Waals surface area contributed by atoms with Gasteiger partial charge in [-0.1, -0.05) is 20.8 Å². The first-order chi connectivity index (χ1) is 16.0. The Morgan fingerprint density at radius 1 is 0.853 bits per heavy atom. The Bertz CT molecular complexity index is 834. The Hall–Kier alpha value is -3.30. The lowest BCUT2D eigenvalue weighted by atomic mass is 10.0. The van der Waals surface area contributed by atoms with Gasteiger partial charge in [0.25, 0.3) is 5.91 Å². The van der Waals surface area contributed by atoms with E-state index in [0.29, 0.717) is 23.5 Å². The highest BCUT2D eigenvalue weighted by atomic mass is 16.5. The number of ether oxygens (including phenoxy) is 2. The number of rotatable bonds is 13. The molecule has 0 bridgehead atoms. The SMILES string of the molecule is CCC(NC(=O)[C@H](CC(C)C)NC(=O)NC(C)C)C(=O)C(=O)NCc1cc(OC)cc(OC)c1. The standard InChI is InChI=1S/C24H38N4O6/c1-8-19(27-22(30)20(9-14(2)3)28-24(32)26-15(4)5)21(29)23(31)25-13-16-10-17(33-6)12-18(11-16)34-7/h10-12,14-15,19-20H,8-9,13H2,1-7H3,(H,25,31)(H,27,30)(H2,26,28,32)/t19?,20-/m0/s1. The van der Waals surface area contributed by atoms with Crippen molar-refractivity contribution in [1.29, 1.82) is 0 Å². The molecule has 4 amide bonds. The summed E-state index contributed by atoms with van der Waals surface area (Å²) in [7, 11) is 3.03. The van der Waals surface area contributed by atoms with Crippen molar-refractivity contribution in [3.8, 4) is 11.5 Å². The van der Waals surface area contributed by atoms with Crippen molar-refractivity contribution in [2.24, 2.45) is 5.92 Å².